The van der Waals surface area contributed by atoms with Crippen LogP contribution >= 0.6 is 0 Å². The van der Waals surface area contributed by atoms with Gasteiger partial charge in [0, 0.05) is 28.7 Å². The summed E-state index contributed by atoms with van der Waals surface area (Å²) < 4.78 is 15.9. The molecule has 6 nitrogen and oxygen atoms in total. The number of rotatable bonds is 7. The molecule has 6 heteroatoms. The number of amides is 1. The number of aromatic amines is 1. The minimum Gasteiger partial charge on any atom is -0.493 e. The third-order valence-corrected chi connectivity index (χ3v) is 4.61. The molecule has 0 fully saturated rings. The molecule has 0 radical (unpaired) electrons. The number of fused-ring (bicyclic) bond motifs is 1. The molecular formula is C21H24N2O4. The summed E-state index contributed by atoms with van der Waals surface area (Å²) in [6.45, 7) is 2.58. The highest BCUT2D eigenvalue weighted by Crippen LogP contribution is 2.38. The maximum absolute atomic E-state index is 12.6. The van der Waals surface area contributed by atoms with Crippen molar-refractivity contribution in [3.05, 3.63) is 53.2 Å². The summed E-state index contributed by atoms with van der Waals surface area (Å²) in [4.78, 5) is 16.0. The Hall–Kier alpha value is -3.15. The summed E-state index contributed by atoms with van der Waals surface area (Å²) in [5, 5.41) is 4.16. The van der Waals surface area contributed by atoms with Crippen molar-refractivity contribution >= 4 is 16.8 Å². The summed E-state index contributed by atoms with van der Waals surface area (Å²) in [7, 11) is 4.58. The SMILES string of the molecule is COc1cc(C(=O)NCCc2c(C)[nH]c3ccccc23)cc(OC)c1OC. The van der Waals surface area contributed by atoms with Crippen molar-refractivity contribution in [2.75, 3.05) is 27.9 Å². The third kappa shape index (κ3) is 3.69. The van der Waals surface area contributed by atoms with Gasteiger partial charge in [-0.3, -0.25) is 4.79 Å². The standard InChI is InChI=1S/C21H24N2O4/c1-13-15(16-7-5-6-8-17(16)23-13)9-10-22-21(24)14-11-18(25-2)20(27-4)19(12-14)26-3/h5-8,11-12,23H,9-10H2,1-4H3,(H,22,24). The first-order valence-corrected chi connectivity index (χ1v) is 8.73. The fourth-order valence-corrected chi connectivity index (χ4v) is 3.27. The number of hydrogen-bond donors (Lipinski definition) is 2. The fraction of sp³-hybridized carbons (Fsp3) is 0.286. The zero-order valence-corrected chi connectivity index (χ0v) is 16.0. The van der Waals surface area contributed by atoms with Crippen LogP contribution in [0.3, 0.4) is 0 Å². The summed E-state index contributed by atoms with van der Waals surface area (Å²) in [5.41, 5.74) is 3.91. The number of aromatic nitrogens is 1. The van der Waals surface area contributed by atoms with Gasteiger partial charge in [-0.1, -0.05) is 18.2 Å². The Morgan fingerprint density at radius 2 is 1.70 bits per heavy atom. The average molecular weight is 368 g/mol. The summed E-state index contributed by atoms with van der Waals surface area (Å²) in [6, 6.07) is 11.5. The second-order valence-corrected chi connectivity index (χ2v) is 6.19. The van der Waals surface area contributed by atoms with Gasteiger partial charge in [0.1, 0.15) is 0 Å². The van der Waals surface area contributed by atoms with E-state index in [1.807, 2.05) is 12.1 Å². The highest BCUT2D eigenvalue weighted by Gasteiger charge is 2.17. The van der Waals surface area contributed by atoms with Crippen LogP contribution in [-0.4, -0.2) is 38.8 Å². The zero-order valence-electron chi connectivity index (χ0n) is 16.0. The average Bonchev–Trinajstić information content (AvgIpc) is 3.01. The van der Waals surface area contributed by atoms with E-state index in [4.69, 9.17) is 14.2 Å². The molecule has 0 aliphatic heterocycles. The second-order valence-electron chi connectivity index (χ2n) is 6.19. The lowest BCUT2D eigenvalue weighted by molar-refractivity contribution is 0.0953. The van der Waals surface area contributed by atoms with Crippen LogP contribution in [0.4, 0.5) is 0 Å². The molecule has 142 valence electrons. The second kappa shape index (κ2) is 8.03. The lowest BCUT2D eigenvalue weighted by atomic mass is 10.1. The van der Waals surface area contributed by atoms with Crippen LogP contribution in [0, 0.1) is 6.92 Å². The molecule has 3 rings (SSSR count). The van der Waals surface area contributed by atoms with Crippen LogP contribution in [0.2, 0.25) is 0 Å². The number of carbonyl (C=O) groups is 1. The van der Waals surface area contributed by atoms with Crippen molar-refractivity contribution in [3.8, 4) is 17.2 Å². The van der Waals surface area contributed by atoms with E-state index in [1.54, 1.807) is 12.1 Å². The van der Waals surface area contributed by atoms with E-state index in [0.29, 0.717) is 29.4 Å². The summed E-state index contributed by atoms with van der Waals surface area (Å²) in [5.74, 6) is 1.18. The Morgan fingerprint density at radius 3 is 2.33 bits per heavy atom. The Balaban J connectivity index is 1.73. The van der Waals surface area contributed by atoms with E-state index in [2.05, 4.69) is 29.4 Å². The maximum Gasteiger partial charge on any atom is 0.251 e. The van der Waals surface area contributed by atoms with E-state index in [0.717, 1.165) is 17.6 Å². The number of methoxy groups -OCH3 is 3. The lowest BCUT2D eigenvalue weighted by Crippen LogP contribution is -2.26. The molecule has 0 unspecified atom stereocenters. The Kier molecular flexibility index (Phi) is 5.54. The van der Waals surface area contributed by atoms with Crippen molar-refractivity contribution < 1.29 is 19.0 Å². The Bertz CT molecular complexity index is 937. The van der Waals surface area contributed by atoms with E-state index >= 15 is 0 Å². The topological polar surface area (TPSA) is 72.6 Å². The molecule has 0 aliphatic rings. The first kappa shape index (κ1) is 18.6. The molecule has 0 spiro atoms. The number of aryl methyl sites for hydroxylation is 1. The van der Waals surface area contributed by atoms with Crippen LogP contribution in [0.5, 0.6) is 17.2 Å². The normalized spacial score (nSPS) is 10.7. The smallest absolute Gasteiger partial charge is 0.251 e. The molecule has 3 aromatic rings. The largest absolute Gasteiger partial charge is 0.493 e. The van der Waals surface area contributed by atoms with Gasteiger partial charge in [0.15, 0.2) is 11.5 Å². The first-order chi connectivity index (χ1) is 13.1. The van der Waals surface area contributed by atoms with Crippen LogP contribution in [0.25, 0.3) is 10.9 Å². The van der Waals surface area contributed by atoms with Crippen LogP contribution in [0.15, 0.2) is 36.4 Å². The molecule has 27 heavy (non-hydrogen) atoms. The molecule has 0 saturated carbocycles. The number of nitrogens with one attached hydrogen (secondary N) is 2. The van der Waals surface area contributed by atoms with Crippen molar-refractivity contribution in [1.82, 2.24) is 10.3 Å². The molecule has 0 bridgehead atoms. The molecule has 2 N–H and O–H groups in total. The van der Waals surface area contributed by atoms with Crippen LogP contribution in [-0.2, 0) is 6.42 Å². The highest BCUT2D eigenvalue weighted by atomic mass is 16.5. The summed E-state index contributed by atoms with van der Waals surface area (Å²) in [6.07, 6.45) is 0.742. The van der Waals surface area contributed by atoms with E-state index in [1.165, 1.54) is 32.3 Å². The Labute approximate surface area is 158 Å². The van der Waals surface area contributed by atoms with Crippen molar-refractivity contribution in [3.63, 3.8) is 0 Å². The van der Waals surface area contributed by atoms with Gasteiger partial charge < -0.3 is 24.5 Å². The highest BCUT2D eigenvalue weighted by molar-refractivity contribution is 5.95. The third-order valence-electron chi connectivity index (χ3n) is 4.61. The van der Waals surface area contributed by atoms with Gasteiger partial charge >= 0.3 is 0 Å². The predicted molar refractivity (Wildman–Crippen MR) is 105 cm³/mol. The molecular weight excluding hydrogens is 344 g/mol. The number of H-pyrrole nitrogens is 1. The van der Waals surface area contributed by atoms with Crippen molar-refractivity contribution in [2.45, 2.75) is 13.3 Å². The quantitative estimate of drug-likeness (QED) is 0.670. The zero-order chi connectivity index (χ0) is 19.4. The number of hydrogen-bond acceptors (Lipinski definition) is 4. The van der Waals surface area contributed by atoms with Crippen LogP contribution in [0.1, 0.15) is 21.6 Å². The van der Waals surface area contributed by atoms with Gasteiger partial charge in [-0.2, -0.15) is 0 Å². The molecule has 0 saturated heterocycles. The first-order valence-electron chi connectivity index (χ1n) is 8.73. The lowest BCUT2D eigenvalue weighted by Gasteiger charge is -2.14. The van der Waals surface area contributed by atoms with Gasteiger partial charge in [-0.05, 0) is 37.1 Å². The fourth-order valence-electron chi connectivity index (χ4n) is 3.27. The maximum atomic E-state index is 12.6. The van der Waals surface area contributed by atoms with Crippen LogP contribution < -0.4 is 19.5 Å². The molecule has 1 aromatic heterocycles. The Morgan fingerprint density at radius 1 is 1.04 bits per heavy atom. The van der Waals surface area contributed by atoms with E-state index in [9.17, 15) is 4.79 Å². The molecule has 1 heterocycles. The monoisotopic (exact) mass is 368 g/mol. The van der Waals surface area contributed by atoms with Crippen molar-refractivity contribution in [1.29, 1.82) is 0 Å². The molecule has 2 aromatic carbocycles. The van der Waals surface area contributed by atoms with Gasteiger partial charge in [-0.25, -0.2) is 0 Å². The van der Waals surface area contributed by atoms with Gasteiger partial charge in [-0.15, -0.1) is 0 Å². The number of benzene rings is 2. The van der Waals surface area contributed by atoms with Gasteiger partial charge in [0.2, 0.25) is 5.75 Å². The van der Waals surface area contributed by atoms with Gasteiger partial charge in [0.25, 0.3) is 5.91 Å². The minimum atomic E-state index is -0.188. The molecule has 0 aliphatic carbocycles. The van der Waals surface area contributed by atoms with E-state index < -0.39 is 0 Å². The molecule has 1 amide bonds. The predicted octanol–water partition coefficient (Wildman–Crippen LogP) is 3.47. The summed E-state index contributed by atoms with van der Waals surface area (Å²) >= 11 is 0. The number of para-hydroxylation sites is 1. The molecule has 0 atom stereocenters. The minimum absolute atomic E-state index is 0.188. The number of carbonyl (C=O) groups excluding carboxylic acids is 1. The van der Waals surface area contributed by atoms with Crippen molar-refractivity contribution in [2.24, 2.45) is 0 Å². The number of ether oxygens (including phenoxy) is 3. The van der Waals surface area contributed by atoms with E-state index in [-0.39, 0.29) is 5.91 Å². The van der Waals surface area contributed by atoms with Gasteiger partial charge in [0.05, 0.1) is 21.3 Å².